The SMILES string of the molecule is CC(=O)OC[C@H]1O[C@@H](n2cnc3c(N=[N+]=[N-])nc(N)nc32)[C@H](OC(C)=O)[C@@H]1OC(C)=O. The highest BCUT2D eigenvalue weighted by molar-refractivity contribution is 5.82. The van der Waals surface area contributed by atoms with E-state index in [1.165, 1.54) is 31.7 Å². The lowest BCUT2D eigenvalue weighted by molar-refractivity contribution is -0.166. The Morgan fingerprint density at radius 3 is 2.48 bits per heavy atom. The lowest BCUT2D eigenvalue weighted by atomic mass is 10.1. The summed E-state index contributed by atoms with van der Waals surface area (Å²) < 4.78 is 22.9. The highest BCUT2D eigenvalue weighted by atomic mass is 16.7. The first-order chi connectivity index (χ1) is 14.7. The van der Waals surface area contributed by atoms with Crippen molar-refractivity contribution in [3.05, 3.63) is 16.8 Å². The van der Waals surface area contributed by atoms with Gasteiger partial charge in [0.05, 0.1) is 6.33 Å². The zero-order valence-corrected chi connectivity index (χ0v) is 16.7. The van der Waals surface area contributed by atoms with E-state index in [0.717, 1.165) is 0 Å². The predicted octanol–water partition coefficient (Wildman–Crippen LogP) is 0.674. The van der Waals surface area contributed by atoms with Gasteiger partial charge in [-0.1, -0.05) is 0 Å². The van der Waals surface area contributed by atoms with Gasteiger partial charge in [-0.3, -0.25) is 19.0 Å². The van der Waals surface area contributed by atoms with Gasteiger partial charge in [-0.25, -0.2) is 9.97 Å². The molecule has 15 nitrogen and oxygen atoms in total. The molecule has 1 aliphatic heterocycles. The summed E-state index contributed by atoms with van der Waals surface area (Å²) >= 11 is 0. The number of nitrogens with two attached hydrogens (primary N) is 1. The molecule has 0 bridgehead atoms. The Bertz CT molecular complexity index is 1080. The van der Waals surface area contributed by atoms with Gasteiger partial charge < -0.3 is 24.7 Å². The topological polar surface area (TPSA) is 207 Å². The van der Waals surface area contributed by atoms with Crippen molar-refractivity contribution < 1.29 is 33.3 Å². The number of carbonyl (C=O) groups is 3. The van der Waals surface area contributed by atoms with Crippen molar-refractivity contribution >= 4 is 40.8 Å². The molecule has 0 unspecified atom stereocenters. The van der Waals surface area contributed by atoms with Crippen LogP contribution in [-0.4, -0.2) is 62.3 Å². The van der Waals surface area contributed by atoms with Gasteiger partial charge in [0.1, 0.15) is 18.2 Å². The Balaban J connectivity index is 2.08. The molecule has 164 valence electrons. The van der Waals surface area contributed by atoms with Crippen LogP contribution in [0.15, 0.2) is 11.4 Å². The number of nitrogen functional groups attached to an aromatic ring is 1. The lowest BCUT2D eigenvalue weighted by Crippen LogP contribution is -2.40. The van der Waals surface area contributed by atoms with Crippen molar-refractivity contribution in [2.75, 3.05) is 12.3 Å². The minimum absolute atomic E-state index is 0.112. The van der Waals surface area contributed by atoms with Gasteiger partial charge in [-0.2, -0.15) is 4.98 Å². The van der Waals surface area contributed by atoms with E-state index in [-0.39, 0.29) is 29.5 Å². The summed E-state index contributed by atoms with van der Waals surface area (Å²) in [6, 6.07) is 0. The van der Waals surface area contributed by atoms with Crippen LogP contribution >= 0.6 is 0 Å². The summed E-state index contributed by atoms with van der Waals surface area (Å²) in [5.74, 6) is -2.22. The number of aromatic nitrogens is 4. The fourth-order valence-corrected chi connectivity index (χ4v) is 3.13. The standard InChI is InChI=1S/C16H18N8O7/c1-6(25)28-4-9-11(29-7(2)26)12(30-8(3)27)15(31-9)24-5-19-10-13(22-23-18)20-16(17)21-14(10)24/h5,9,11-12,15H,4H2,1-3H3,(H2,17,20,21)/t9-,11-,12-,15-/m1/s1. The Kier molecular flexibility index (Phi) is 6.17. The number of rotatable bonds is 6. The van der Waals surface area contributed by atoms with Crippen molar-refractivity contribution in [2.24, 2.45) is 5.11 Å². The first-order valence-electron chi connectivity index (χ1n) is 8.89. The maximum absolute atomic E-state index is 11.7. The maximum Gasteiger partial charge on any atom is 0.303 e. The van der Waals surface area contributed by atoms with Crippen LogP contribution < -0.4 is 5.73 Å². The van der Waals surface area contributed by atoms with E-state index in [2.05, 4.69) is 25.0 Å². The highest BCUT2D eigenvalue weighted by Crippen LogP contribution is 2.36. The van der Waals surface area contributed by atoms with Gasteiger partial charge >= 0.3 is 17.9 Å². The highest BCUT2D eigenvalue weighted by Gasteiger charge is 2.51. The average molecular weight is 434 g/mol. The fourth-order valence-electron chi connectivity index (χ4n) is 3.13. The molecular formula is C16H18N8O7. The molecule has 1 saturated heterocycles. The second kappa shape index (κ2) is 8.81. The molecule has 0 saturated carbocycles. The summed E-state index contributed by atoms with van der Waals surface area (Å²) in [7, 11) is 0. The second-order valence-electron chi connectivity index (χ2n) is 6.43. The minimum atomic E-state index is -1.14. The zero-order chi connectivity index (χ0) is 22.7. The number of imidazole rings is 1. The number of fused-ring (bicyclic) bond motifs is 1. The first-order valence-corrected chi connectivity index (χ1v) is 8.89. The largest absolute Gasteiger partial charge is 0.463 e. The summed E-state index contributed by atoms with van der Waals surface area (Å²) in [6.45, 7) is 3.29. The smallest absolute Gasteiger partial charge is 0.303 e. The molecule has 0 aromatic carbocycles. The summed E-state index contributed by atoms with van der Waals surface area (Å²) in [5, 5.41) is 3.44. The van der Waals surface area contributed by atoms with Crippen LogP contribution in [0.3, 0.4) is 0 Å². The average Bonchev–Trinajstić information content (AvgIpc) is 3.21. The Labute approximate surface area is 174 Å². The van der Waals surface area contributed by atoms with Crippen LogP contribution in [0.5, 0.6) is 0 Å². The number of azide groups is 1. The number of ether oxygens (including phenoxy) is 4. The van der Waals surface area contributed by atoms with E-state index in [0.29, 0.717) is 0 Å². The molecule has 0 spiro atoms. The van der Waals surface area contributed by atoms with Gasteiger partial charge in [0, 0.05) is 25.7 Å². The van der Waals surface area contributed by atoms with Crippen LogP contribution in [0.1, 0.15) is 27.0 Å². The Morgan fingerprint density at radius 2 is 1.87 bits per heavy atom. The van der Waals surface area contributed by atoms with Crippen molar-refractivity contribution in [3.8, 4) is 0 Å². The molecular weight excluding hydrogens is 416 g/mol. The van der Waals surface area contributed by atoms with Crippen molar-refractivity contribution in [1.82, 2.24) is 19.5 Å². The summed E-state index contributed by atoms with van der Waals surface area (Å²) in [4.78, 5) is 49.4. The molecule has 4 atom stereocenters. The Morgan fingerprint density at radius 1 is 1.19 bits per heavy atom. The predicted molar refractivity (Wildman–Crippen MR) is 100 cm³/mol. The molecule has 2 aromatic rings. The first kappa shape index (κ1) is 21.7. The van der Waals surface area contributed by atoms with E-state index >= 15 is 0 Å². The van der Waals surface area contributed by atoms with Crippen LogP contribution in [0.4, 0.5) is 11.8 Å². The number of nitrogens with zero attached hydrogens (tertiary/aromatic N) is 7. The van der Waals surface area contributed by atoms with E-state index in [4.69, 9.17) is 30.2 Å². The third-order valence-corrected chi connectivity index (χ3v) is 4.17. The third kappa shape index (κ3) is 4.62. The van der Waals surface area contributed by atoms with Gasteiger partial charge in [0.25, 0.3) is 0 Å². The molecule has 3 rings (SSSR count). The monoisotopic (exact) mass is 434 g/mol. The number of hydrogen-bond donors (Lipinski definition) is 1. The molecule has 15 heteroatoms. The molecule has 3 heterocycles. The number of esters is 3. The second-order valence-corrected chi connectivity index (χ2v) is 6.43. The minimum Gasteiger partial charge on any atom is -0.463 e. The van der Waals surface area contributed by atoms with Crippen LogP contribution in [0, 0.1) is 0 Å². The van der Waals surface area contributed by atoms with Crippen LogP contribution in [-0.2, 0) is 33.3 Å². The van der Waals surface area contributed by atoms with E-state index < -0.39 is 42.4 Å². The third-order valence-electron chi connectivity index (χ3n) is 4.17. The number of carbonyl (C=O) groups excluding carboxylic acids is 3. The maximum atomic E-state index is 11.7. The molecule has 2 N–H and O–H groups in total. The molecule has 0 amide bonds. The van der Waals surface area contributed by atoms with Crippen LogP contribution in [0.25, 0.3) is 21.6 Å². The van der Waals surface area contributed by atoms with Crippen LogP contribution in [0.2, 0.25) is 0 Å². The molecule has 2 aromatic heterocycles. The quantitative estimate of drug-likeness (QED) is 0.220. The van der Waals surface area contributed by atoms with Gasteiger partial charge in [-0.15, -0.1) is 0 Å². The number of anilines is 1. The van der Waals surface area contributed by atoms with Gasteiger partial charge in [0.2, 0.25) is 5.95 Å². The molecule has 0 radical (unpaired) electrons. The van der Waals surface area contributed by atoms with E-state index in [1.54, 1.807) is 0 Å². The normalized spacial score (nSPS) is 22.5. The molecule has 0 aliphatic carbocycles. The molecule has 1 aliphatic rings. The number of hydrogen-bond acceptors (Lipinski definition) is 12. The molecule has 1 fully saturated rings. The van der Waals surface area contributed by atoms with Crippen molar-refractivity contribution in [3.63, 3.8) is 0 Å². The lowest BCUT2D eigenvalue weighted by Gasteiger charge is -2.23. The van der Waals surface area contributed by atoms with Gasteiger partial charge in [-0.05, 0) is 10.6 Å². The summed E-state index contributed by atoms with van der Waals surface area (Å²) in [6.07, 6.45) is -3.00. The van der Waals surface area contributed by atoms with E-state index in [1.807, 2.05) is 0 Å². The van der Waals surface area contributed by atoms with E-state index in [9.17, 15) is 14.4 Å². The van der Waals surface area contributed by atoms with Crippen molar-refractivity contribution in [2.45, 2.75) is 45.3 Å². The summed E-state index contributed by atoms with van der Waals surface area (Å²) in [5.41, 5.74) is 14.7. The van der Waals surface area contributed by atoms with Gasteiger partial charge in [0.15, 0.2) is 29.9 Å². The zero-order valence-electron chi connectivity index (χ0n) is 16.7. The van der Waals surface area contributed by atoms with Crippen molar-refractivity contribution in [1.29, 1.82) is 0 Å². The Hall–Kier alpha value is -3.97. The fraction of sp³-hybridized carbons (Fsp3) is 0.500. The molecule has 31 heavy (non-hydrogen) atoms.